The number of rotatable bonds is 4. The minimum absolute atomic E-state index is 0.00103. The number of nitrogens with zero attached hydrogens (tertiary/aromatic N) is 1. The van der Waals surface area contributed by atoms with E-state index in [1.807, 2.05) is 30.3 Å². The molecule has 0 saturated heterocycles. The van der Waals surface area contributed by atoms with Crippen molar-refractivity contribution in [1.29, 1.82) is 0 Å². The zero-order valence-corrected chi connectivity index (χ0v) is 10.7. The quantitative estimate of drug-likeness (QED) is 0.509. The second kappa shape index (κ2) is 5.15. The Balaban J connectivity index is 2.42. The monoisotopic (exact) mass is 276 g/mol. The molecular formula is C12H12N4O2S. The minimum Gasteiger partial charge on any atom is -0.385 e. The average molecular weight is 276 g/mol. The third-order valence-corrected chi connectivity index (χ3v) is 3.08. The smallest absolute Gasteiger partial charge is 0.260 e. The lowest BCUT2D eigenvalue weighted by molar-refractivity contribution is -0.126. The molecule has 0 aliphatic carbocycles. The number of carbonyl (C=O) groups is 2. The van der Waals surface area contributed by atoms with Crippen LogP contribution in [-0.4, -0.2) is 28.8 Å². The van der Waals surface area contributed by atoms with Gasteiger partial charge in [0.1, 0.15) is 5.84 Å². The number of aliphatic imine (C=N–C) groups is 1. The van der Waals surface area contributed by atoms with Crippen molar-refractivity contribution in [3.05, 3.63) is 35.9 Å². The van der Waals surface area contributed by atoms with Gasteiger partial charge < -0.3 is 11.1 Å². The van der Waals surface area contributed by atoms with Crippen molar-refractivity contribution >= 4 is 35.5 Å². The van der Waals surface area contributed by atoms with Gasteiger partial charge in [-0.05, 0) is 17.8 Å². The molecular weight excluding hydrogens is 264 g/mol. The third-order valence-electron chi connectivity index (χ3n) is 2.88. The van der Waals surface area contributed by atoms with Gasteiger partial charge in [-0.25, -0.2) is 4.99 Å². The van der Waals surface area contributed by atoms with Crippen molar-refractivity contribution in [2.24, 2.45) is 10.7 Å². The molecule has 0 fully saturated rings. The van der Waals surface area contributed by atoms with Gasteiger partial charge in [0, 0.05) is 6.42 Å². The Hall–Kier alpha value is -2.28. The normalized spacial score (nSPS) is 22.4. The van der Waals surface area contributed by atoms with Crippen molar-refractivity contribution in [3.63, 3.8) is 0 Å². The molecule has 4 N–H and O–H groups in total. The summed E-state index contributed by atoms with van der Waals surface area (Å²) in [5.41, 5.74) is 5.26. The topological polar surface area (TPSA) is 96.6 Å². The van der Waals surface area contributed by atoms with E-state index in [4.69, 9.17) is 18.0 Å². The van der Waals surface area contributed by atoms with E-state index >= 15 is 0 Å². The number of hydrogen-bond donors (Lipinski definition) is 3. The highest BCUT2D eigenvalue weighted by molar-refractivity contribution is 7.80. The molecule has 0 bridgehead atoms. The van der Waals surface area contributed by atoms with E-state index in [-0.39, 0.29) is 17.4 Å². The van der Waals surface area contributed by atoms with Crippen molar-refractivity contribution in [1.82, 2.24) is 10.6 Å². The molecule has 19 heavy (non-hydrogen) atoms. The molecule has 1 aliphatic rings. The summed E-state index contributed by atoms with van der Waals surface area (Å²) in [6.07, 6.45) is 0.635. The Morgan fingerprint density at radius 3 is 2.68 bits per heavy atom. The molecule has 1 heterocycles. The summed E-state index contributed by atoms with van der Waals surface area (Å²) >= 11 is 4.80. The fraction of sp³-hybridized carbons (Fsp3) is 0.167. The van der Waals surface area contributed by atoms with Gasteiger partial charge >= 0.3 is 0 Å². The molecule has 98 valence electrons. The van der Waals surface area contributed by atoms with Crippen LogP contribution < -0.4 is 16.4 Å². The van der Waals surface area contributed by atoms with Crippen molar-refractivity contribution < 1.29 is 9.59 Å². The lowest BCUT2D eigenvalue weighted by atomic mass is 9.87. The number of hydrogen-bond acceptors (Lipinski definition) is 4. The number of benzene rings is 1. The summed E-state index contributed by atoms with van der Waals surface area (Å²) in [5.74, 6) is -0.502. The number of amides is 2. The van der Waals surface area contributed by atoms with Crippen LogP contribution in [0.4, 0.5) is 0 Å². The van der Waals surface area contributed by atoms with Gasteiger partial charge in [-0.1, -0.05) is 30.3 Å². The van der Waals surface area contributed by atoms with E-state index in [9.17, 15) is 9.59 Å². The van der Waals surface area contributed by atoms with E-state index in [0.717, 1.165) is 5.56 Å². The van der Waals surface area contributed by atoms with Crippen LogP contribution in [0.25, 0.3) is 0 Å². The summed E-state index contributed by atoms with van der Waals surface area (Å²) < 4.78 is 0. The van der Waals surface area contributed by atoms with E-state index in [2.05, 4.69) is 15.6 Å². The van der Waals surface area contributed by atoms with E-state index < -0.39 is 11.4 Å². The molecule has 1 aromatic rings. The number of amidine groups is 1. The summed E-state index contributed by atoms with van der Waals surface area (Å²) in [6, 6.07) is 9.20. The first-order valence-electron chi connectivity index (χ1n) is 5.54. The molecule has 0 radical (unpaired) electrons. The Labute approximate surface area is 115 Å². The SMILES string of the molecule is NC1=NC(=S)NC(=O)C1(Cc1ccccc1)NC=O. The molecule has 7 heteroatoms. The molecule has 2 rings (SSSR count). The third kappa shape index (κ3) is 2.45. The fourth-order valence-electron chi connectivity index (χ4n) is 1.92. The Bertz CT molecular complexity index is 558. The molecule has 6 nitrogen and oxygen atoms in total. The molecule has 1 unspecified atom stereocenters. The van der Waals surface area contributed by atoms with Crippen LogP contribution in [0.15, 0.2) is 35.3 Å². The van der Waals surface area contributed by atoms with Gasteiger partial charge in [-0.2, -0.15) is 0 Å². The van der Waals surface area contributed by atoms with Crippen LogP contribution in [0.5, 0.6) is 0 Å². The zero-order chi connectivity index (χ0) is 13.9. The fourth-order valence-corrected chi connectivity index (χ4v) is 2.11. The van der Waals surface area contributed by atoms with Gasteiger partial charge in [-0.3, -0.25) is 14.9 Å². The standard InChI is InChI=1S/C12H12N4O2S/c13-9-12(14-7-17,10(18)16-11(19)15-9)6-8-4-2-1-3-5-8/h1-5,7H,6H2,(H,14,17)(H3,13,15,16,18,19). The largest absolute Gasteiger partial charge is 0.385 e. The molecule has 1 aliphatic heterocycles. The first-order valence-corrected chi connectivity index (χ1v) is 5.94. The van der Waals surface area contributed by atoms with E-state index in [1.54, 1.807) is 0 Å². The Morgan fingerprint density at radius 1 is 1.42 bits per heavy atom. The lowest BCUT2D eigenvalue weighted by Gasteiger charge is -2.33. The Morgan fingerprint density at radius 2 is 2.11 bits per heavy atom. The maximum absolute atomic E-state index is 12.2. The van der Waals surface area contributed by atoms with Crippen molar-refractivity contribution in [2.75, 3.05) is 0 Å². The summed E-state index contributed by atoms with van der Waals surface area (Å²) in [4.78, 5) is 26.8. The van der Waals surface area contributed by atoms with Crippen LogP contribution in [-0.2, 0) is 16.0 Å². The second-order valence-corrected chi connectivity index (χ2v) is 4.47. The molecule has 0 saturated carbocycles. The summed E-state index contributed by atoms with van der Waals surface area (Å²) in [5, 5.41) is 4.87. The lowest BCUT2D eigenvalue weighted by Crippen LogP contribution is -2.68. The molecule has 1 atom stereocenters. The van der Waals surface area contributed by atoms with Crippen LogP contribution in [0.3, 0.4) is 0 Å². The minimum atomic E-state index is -1.40. The van der Waals surface area contributed by atoms with E-state index in [1.165, 1.54) is 0 Å². The van der Waals surface area contributed by atoms with Gasteiger partial charge in [0.15, 0.2) is 5.54 Å². The highest BCUT2D eigenvalue weighted by Crippen LogP contribution is 2.17. The average Bonchev–Trinajstić information content (AvgIpc) is 2.37. The molecule has 1 aromatic carbocycles. The van der Waals surface area contributed by atoms with Crippen LogP contribution >= 0.6 is 12.2 Å². The first kappa shape index (κ1) is 13.2. The van der Waals surface area contributed by atoms with Gasteiger partial charge in [-0.15, -0.1) is 0 Å². The highest BCUT2D eigenvalue weighted by atomic mass is 32.1. The molecule has 0 spiro atoms. The van der Waals surface area contributed by atoms with Crippen molar-refractivity contribution in [2.45, 2.75) is 12.0 Å². The zero-order valence-electron chi connectivity index (χ0n) is 9.92. The van der Waals surface area contributed by atoms with E-state index in [0.29, 0.717) is 6.41 Å². The Kier molecular flexibility index (Phi) is 3.57. The number of carbonyl (C=O) groups excluding carboxylic acids is 2. The molecule has 0 aromatic heterocycles. The number of nitrogens with one attached hydrogen (secondary N) is 2. The number of nitrogens with two attached hydrogens (primary N) is 1. The first-order chi connectivity index (χ1) is 9.08. The van der Waals surface area contributed by atoms with Gasteiger partial charge in [0.25, 0.3) is 5.91 Å². The number of thiocarbonyl (C=S) groups is 1. The summed E-state index contributed by atoms with van der Waals surface area (Å²) in [6.45, 7) is 0. The van der Waals surface area contributed by atoms with Crippen molar-refractivity contribution in [3.8, 4) is 0 Å². The predicted octanol–water partition coefficient (Wildman–Crippen LogP) is -0.514. The van der Waals surface area contributed by atoms with Crippen LogP contribution in [0, 0.1) is 0 Å². The maximum atomic E-state index is 12.2. The van der Waals surface area contributed by atoms with Crippen LogP contribution in [0.1, 0.15) is 5.56 Å². The maximum Gasteiger partial charge on any atom is 0.260 e. The summed E-state index contributed by atoms with van der Waals surface area (Å²) in [7, 11) is 0. The highest BCUT2D eigenvalue weighted by Gasteiger charge is 2.45. The molecule has 2 amide bonds. The predicted molar refractivity (Wildman–Crippen MR) is 74.4 cm³/mol. The van der Waals surface area contributed by atoms with Gasteiger partial charge in [0.2, 0.25) is 11.5 Å². The second-order valence-electron chi connectivity index (χ2n) is 4.09. The van der Waals surface area contributed by atoms with Gasteiger partial charge in [0.05, 0.1) is 0 Å². The van der Waals surface area contributed by atoms with Crippen LogP contribution in [0.2, 0.25) is 0 Å².